The number of methoxy groups -OCH3 is 1. The molecule has 0 radical (unpaired) electrons. The summed E-state index contributed by atoms with van der Waals surface area (Å²) in [4.78, 5) is 22.8. The van der Waals surface area contributed by atoms with Crippen molar-refractivity contribution in [1.82, 2.24) is 10.6 Å². The molecule has 2 amide bonds. The van der Waals surface area contributed by atoms with Crippen LogP contribution in [-0.2, 0) is 14.3 Å². The Bertz CT molecular complexity index is 468. The molecule has 0 atom stereocenters. The molecule has 0 aliphatic carbocycles. The molecule has 0 spiro atoms. The quantitative estimate of drug-likeness (QED) is 0.650. The molecule has 0 bridgehead atoms. The zero-order valence-corrected chi connectivity index (χ0v) is 11.9. The van der Waals surface area contributed by atoms with Gasteiger partial charge in [-0.2, -0.15) is 0 Å². The summed E-state index contributed by atoms with van der Waals surface area (Å²) in [7, 11) is 1.53. The Morgan fingerprint density at radius 3 is 2.62 bits per heavy atom. The van der Waals surface area contributed by atoms with Gasteiger partial charge in [-0.1, -0.05) is 12.1 Å². The number of hydrogen-bond acceptors (Lipinski definition) is 4. The van der Waals surface area contributed by atoms with Crippen LogP contribution in [0, 0.1) is 5.82 Å². The van der Waals surface area contributed by atoms with E-state index in [-0.39, 0.29) is 37.1 Å². The molecule has 0 aromatic heterocycles. The standard InChI is InChI=1S/C14H19FN2O4/c1-20-9-7-16-14(19)10-17-13(18)6-8-21-12-5-3-2-4-11(12)15/h2-5H,6-10H2,1H3,(H,16,19)(H,17,18). The van der Waals surface area contributed by atoms with Crippen LogP contribution in [0.2, 0.25) is 0 Å². The molecule has 0 heterocycles. The van der Waals surface area contributed by atoms with E-state index >= 15 is 0 Å². The topological polar surface area (TPSA) is 76.7 Å². The first kappa shape index (κ1) is 16.9. The molecule has 0 unspecified atom stereocenters. The van der Waals surface area contributed by atoms with Gasteiger partial charge in [0.15, 0.2) is 11.6 Å². The Labute approximate surface area is 122 Å². The van der Waals surface area contributed by atoms with Gasteiger partial charge in [0.25, 0.3) is 0 Å². The Morgan fingerprint density at radius 2 is 1.90 bits per heavy atom. The minimum absolute atomic E-state index is 0.0397. The van der Waals surface area contributed by atoms with Gasteiger partial charge in [-0.05, 0) is 12.1 Å². The minimum Gasteiger partial charge on any atom is -0.490 e. The van der Waals surface area contributed by atoms with Crippen LogP contribution in [0.4, 0.5) is 4.39 Å². The zero-order valence-electron chi connectivity index (χ0n) is 11.9. The highest BCUT2D eigenvalue weighted by molar-refractivity contribution is 5.84. The summed E-state index contributed by atoms with van der Waals surface area (Å²) in [5.41, 5.74) is 0. The van der Waals surface area contributed by atoms with Gasteiger partial charge in [-0.15, -0.1) is 0 Å². The van der Waals surface area contributed by atoms with E-state index < -0.39 is 5.82 Å². The zero-order chi connectivity index (χ0) is 15.5. The molecule has 1 rings (SSSR count). The summed E-state index contributed by atoms with van der Waals surface area (Å²) in [6.45, 7) is 0.734. The van der Waals surface area contributed by atoms with Gasteiger partial charge in [0, 0.05) is 13.7 Å². The van der Waals surface area contributed by atoms with Crippen LogP contribution < -0.4 is 15.4 Å². The lowest BCUT2D eigenvalue weighted by Crippen LogP contribution is -2.38. The molecule has 21 heavy (non-hydrogen) atoms. The third kappa shape index (κ3) is 7.26. The van der Waals surface area contributed by atoms with Gasteiger partial charge in [0.05, 0.1) is 26.2 Å². The fraction of sp³-hybridized carbons (Fsp3) is 0.429. The number of para-hydroxylation sites is 1. The number of carbonyl (C=O) groups excluding carboxylic acids is 2. The number of benzene rings is 1. The van der Waals surface area contributed by atoms with Crippen molar-refractivity contribution in [2.75, 3.05) is 33.4 Å². The van der Waals surface area contributed by atoms with Crippen LogP contribution in [-0.4, -0.2) is 45.2 Å². The number of rotatable bonds is 9. The molecule has 116 valence electrons. The second-order valence-electron chi connectivity index (χ2n) is 4.15. The summed E-state index contributed by atoms with van der Waals surface area (Å²) < 4.78 is 23.1. The van der Waals surface area contributed by atoms with E-state index in [4.69, 9.17) is 9.47 Å². The van der Waals surface area contributed by atoms with Gasteiger partial charge in [-0.3, -0.25) is 9.59 Å². The van der Waals surface area contributed by atoms with Crippen LogP contribution in [0.1, 0.15) is 6.42 Å². The van der Waals surface area contributed by atoms with E-state index in [0.717, 1.165) is 0 Å². The van der Waals surface area contributed by atoms with Crippen LogP contribution in [0.25, 0.3) is 0 Å². The molecular formula is C14H19FN2O4. The highest BCUT2D eigenvalue weighted by atomic mass is 19.1. The fourth-order valence-corrected chi connectivity index (χ4v) is 1.44. The molecule has 0 saturated heterocycles. The molecule has 6 nitrogen and oxygen atoms in total. The first-order chi connectivity index (χ1) is 10.1. The third-order valence-corrected chi connectivity index (χ3v) is 2.50. The molecule has 0 saturated carbocycles. The van der Waals surface area contributed by atoms with Gasteiger partial charge in [-0.25, -0.2) is 4.39 Å². The van der Waals surface area contributed by atoms with Crippen molar-refractivity contribution in [2.24, 2.45) is 0 Å². The average molecular weight is 298 g/mol. The molecule has 0 aliphatic rings. The van der Waals surface area contributed by atoms with Crippen molar-refractivity contribution >= 4 is 11.8 Å². The van der Waals surface area contributed by atoms with Crippen LogP contribution in [0.15, 0.2) is 24.3 Å². The van der Waals surface area contributed by atoms with Crippen LogP contribution in [0.3, 0.4) is 0 Å². The fourth-order valence-electron chi connectivity index (χ4n) is 1.44. The second kappa shape index (κ2) is 9.71. The molecular weight excluding hydrogens is 279 g/mol. The first-order valence-corrected chi connectivity index (χ1v) is 6.53. The average Bonchev–Trinajstić information content (AvgIpc) is 2.47. The summed E-state index contributed by atoms with van der Waals surface area (Å²) in [6, 6.07) is 5.95. The number of halogens is 1. The first-order valence-electron chi connectivity index (χ1n) is 6.53. The normalized spacial score (nSPS) is 10.0. The maximum absolute atomic E-state index is 13.2. The summed E-state index contributed by atoms with van der Waals surface area (Å²) in [5, 5.41) is 5.01. The van der Waals surface area contributed by atoms with E-state index in [0.29, 0.717) is 13.2 Å². The predicted octanol–water partition coefficient (Wildman–Crippen LogP) is 0.473. The monoisotopic (exact) mass is 298 g/mol. The van der Waals surface area contributed by atoms with E-state index in [1.807, 2.05) is 0 Å². The Balaban J connectivity index is 2.14. The van der Waals surface area contributed by atoms with Crippen molar-refractivity contribution in [3.63, 3.8) is 0 Å². The Kier molecular flexibility index (Phi) is 7.81. The molecule has 7 heteroatoms. The third-order valence-electron chi connectivity index (χ3n) is 2.50. The Hall–Kier alpha value is -2.15. The predicted molar refractivity (Wildman–Crippen MR) is 74.4 cm³/mol. The highest BCUT2D eigenvalue weighted by Gasteiger charge is 2.06. The van der Waals surface area contributed by atoms with E-state index in [1.54, 1.807) is 12.1 Å². The van der Waals surface area contributed by atoms with Crippen molar-refractivity contribution in [3.8, 4) is 5.75 Å². The second-order valence-corrected chi connectivity index (χ2v) is 4.15. The van der Waals surface area contributed by atoms with Crippen molar-refractivity contribution < 1.29 is 23.5 Å². The van der Waals surface area contributed by atoms with E-state index in [2.05, 4.69) is 10.6 Å². The highest BCUT2D eigenvalue weighted by Crippen LogP contribution is 2.15. The summed E-state index contributed by atoms with van der Waals surface area (Å²) in [5.74, 6) is -1.01. The largest absolute Gasteiger partial charge is 0.490 e. The van der Waals surface area contributed by atoms with Gasteiger partial charge in [0.2, 0.25) is 11.8 Å². The van der Waals surface area contributed by atoms with Gasteiger partial charge in [0.1, 0.15) is 0 Å². The summed E-state index contributed by atoms with van der Waals surface area (Å²) in [6.07, 6.45) is 0.0414. The van der Waals surface area contributed by atoms with Gasteiger partial charge >= 0.3 is 0 Å². The van der Waals surface area contributed by atoms with Crippen LogP contribution >= 0.6 is 0 Å². The number of carbonyl (C=O) groups is 2. The molecule has 0 fully saturated rings. The van der Waals surface area contributed by atoms with E-state index in [9.17, 15) is 14.0 Å². The lowest BCUT2D eigenvalue weighted by molar-refractivity contribution is -0.126. The minimum atomic E-state index is -0.476. The maximum atomic E-state index is 13.2. The SMILES string of the molecule is COCCNC(=O)CNC(=O)CCOc1ccccc1F. The van der Waals surface area contributed by atoms with Gasteiger partial charge < -0.3 is 20.1 Å². The van der Waals surface area contributed by atoms with Crippen molar-refractivity contribution in [3.05, 3.63) is 30.1 Å². The van der Waals surface area contributed by atoms with Crippen LogP contribution in [0.5, 0.6) is 5.75 Å². The maximum Gasteiger partial charge on any atom is 0.239 e. The molecule has 0 aliphatic heterocycles. The van der Waals surface area contributed by atoms with E-state index in [1.165, 1.54) is 19.2 Å². The Morgan fingerprint density at radius 1 is 1.14 bits per heavy atom. The lowest BCUT2D eigenvalue weighted by Gasteiger charge is -2.08. The molecule has 1 aromatic rings. The number of nitrogens with one attached hydrogen (secondary N) is 2. The lowest BCUT2D eigenvalue weighted by atomic mass is 10.3. The van der Waals surface area contributed by atoms with Crippen molar-refractivity contribution in [2.45, 2.75) is 6.42 Å². The van der Waals surface area contributed by atoms with Crippen molar-refractivity contribution in [1.29, 1.82) is 0 Å². The summed E-state index contributed by atoms with van der Waals surface area (Å²) >= 11 is 0. The smallest absolute Gasteiger partial charge is 0.239 e. The molecule has 1 aromatic carbocycles. The number of amides is 2. The number of ether oxygens (including phenoxy) is 2. The number of hydrogen-bond donors (Lipinski definition) is 2. The molecule has 2 N–H and O–H groups in total.